The summed E-state index contributed by atoms with van der Waals surface area (Å²) < 4.78 is 2.45. The third-order valence-electron chi connectivity index (χ3n) is 12.6. The van der Waals surface area contributed by atoms with Crippen LogP contribution < -0.4 is 0 Å². The Hall–Kier alpha value is -6.91. The summed E-state index contributed by atoms with van der Waals surface area (Å²) in [6.07, 6.45) is 9.28. The Bertz CT molecular complexity index is 3050. The molecule has 2 atom stereocenters. The fourth-order valence-corrected chi connectivity index (χ4v) is 9.90. The van der Waals surface area contributed by atoms with Crippen molar-refractivity contribution in [2.24, 2.45) is 5.92 Å². The van der Waals surface area contributed by atoms with Crippen molar-refractivity contribution in [2.75, 3.05) is 0 Å². The van der Waals surface area contributed by atoms with Crippen molar-refractivity contribution in [1.29, 1.82) is 0 Å². The first-order valence-electron chi connectivity index (χ1n) is 19.8. The zero-order chi connectivity index (χ0) is 38.3. The molecule has 0 bridgehead atoms. The molecule has 0 N–H and O–H groups in total. The Balaban J connectivity index is 1.21. The Kier molecular flexibility index (Phi) is 7.36. The molecular weight excluding hydrogens is 693 g/mol. The molecule has 2 aliphatic carbocycles. The largest absolute Gasteiger partial charge is 0.309 e. The number of fused-ring (bicyclic) bond motifs is 7. The minimum Gasteiger partial charge on any atom is -0.309 e. The quantitative estimate of drug-likeness (QED) is 0.177. The molecule has 0 saturated carbocycles. The van der Waals surface area contributed by atoms with Gasteiger partial charge in [0.05, 0.1) is 11.0 Å². The van der Waals surface area contributed by atoms with Crippen LogP contribution in [0.5, 0.6) is 0 Å². The number of rotatable bonds is 5. The predicted molar refractivity (Wildman–Crippen MR) is 236 cm³/mol. The molecular formula is C53H40N4. The van der Waals surface area contributed by atoms with Crippen LogP contribution >= 0.6 is 0 Å². The van der Waals surface area contributed by atoms with Crippen LogP contribution in [0.15, 0.2) is 182 Å². The molecule has 2 aromatic heterocycles. The topological polar surface area (TPSA) is 43.6 Å². The molecule has 0 radical (unpaired) electrons. The number of hydrogen-bond acceptors (Lipinski definition) is 3. The van der Waals surface area contributed by atoms with E-state index in [9.17, 15) is 0 Å². The van der Waals surface area contributed by atoms with Crippen LogP contribution in [0, 0.1) is 5.92 Å². The van der Waals surface area contributed by atoms with Crippen LogP contribution in [0.25, 0.3) is 83.6 Å². The van der Waals surface area contributed by atoms with E-state index in [4.69, 9.17) is 15.0 Å². The van der Waals surface area contributed by atoms with E-state index >= 15 is 0 Å². The van der Waals surface area contributed by atoms with Crippen LogP contribution in [0.3, 0.4) is 0 Å². The van der Waals surface area contributed by atoms with E-state index in [-0.39, 0.29) is 10.8 Å². The molecule has 2 aliphatic rings. The van der Waals surface area contributed by atoms with E-state index in [1.807, 2.05) is 36.4 Å². The van der Waals surface area contributed by atoms with Crippen molar-refractivity contribution >= 4 is 32.6 Å². The van der Waals surface area contributed by atoms with Crippen molar-refractivity contribution in [2.45, 2.75) is 31.6 Å². The van der Waals surface area contributed by atoms with Gasteiger partial charge in [-0.15, -0.1) is 0 Å². The number of para-hydroxylation sites is 1. The van der Waals surface area contributed by atoms with Crippen LogP contribution in [0.1, 0.15) is 31.9 Å². The molecule has 0 saturated heterocycles. The zero-order valence-electron chi connectivity index (χ0n) is 32.2. The van der Waals surface area contributed by atoms with Gasteiger partial charge in [0.1, 0.15) is 0 Å². The predicted octanol–water partition coefficient (Wildman–Crippen LogP) is 13.1. The van der Waals surface area contributed by atoms with Crippen molar-refractivity contribution in [3.8, 4) is 51.0 Å². The Labute approximate surface area is 332 Å². The van der Waals surface area contributed by atoms with Crippen LogP contribution in [0.2, 0.25) is 0 Å². The van der Waals surface area contributed by atoms with Crippen LogP contribution in [-0.4, -0.2) is 19.5 Å². The minimum atomic E-state index is -0.0656. The van der Waals surface area contributed by atoms with Gasteiger partial charge in [0.15, 0.2) is 17.5 Å². The maximum absolute atomic E-state index is 5.28. The van der Waals surface area contributed by atoms with Crippen molar-refractivity contribution in [1.82, 2.24) is 19.5 Å². The SMILES string of the molecule is CC1(C)c2cc3c(cc2C2(C)C=CC=CC12)c1ccccc1n3-c1ccc(-c2cccc3ccccc23)c(-c2nc(-c3ccccc3)nc(-c3ccccc3)n2)c1. The van der Waals surface area contributed by atoms with Gasteiger partial charge in [0.2, 0.25) is 0 Å². The first-order chi connectivity index (χ1) is 27.9. The first kappa shape index (κ1) is 33.4. The highest BCUT2D eigenvalue weighted by molar-refractivity contribution is 6.10. The van der Waals surface area contributed by atoms with E-state index in [0.717, 1.165) is 33.5 Å². The summed E-state index contributed by atoms with van der Waals surface area (Å²) in [5.41, 5.74) is 11.2. The maximum atomic E-state index is 5.28. The smallest absolute Gasteiger partial charge is 0.164 e. The Morgan fingerprint density at radius 3 is 1.88 bits per heavy atom. The third kappa shape index (κ3) is 5.10. The first-order valence-corrected chi connectivity index (χ1v) is 19.8. The van der Waals surface area contributed by atoms with E-state index in [0.29, 0.717) is 23.4 Å². The molecule has 4 nitrogen and oxygen atoms in total. The van der Waals surface area contributed by atoms with Crippen molar-refractivity contribution in [3.05, 3.63) is 193 Å². The lowest BCUT2D eigenvalue weighted by Gasteiger charge is -2.36. The van der Waals surface area contributed by atoms with Crippen molar-refractivity contribution in [3.63, 3.8) is 0 Å². The van der Waals surface area contributed by atoms with E-state index < -0.39 is 0 Å². The highest BCUT2D eigenvalue weighted by Crippen LogP contribution is 2.57. The van der Waals surface area contributed by atoms with Gasteiger partial charge in [-0.05, 0) is 74.7 Å². The lowest BCUT2D eigenvalue weighted by molar-refractivity contribution is 0.324. The second kappa shape index (κ2) is 12.6. The summed E-state index contributed by atoms with van der Waals surface area (Å²) in [4.78, 5) is 15.6. The fourth-order valence-electron chi connectivity index (χ4n) is 9.90. The number of aromatic nitrogens is 4. The molecule has 11 rings (SSSR count). The normalized spacial score (nSPS) is 18.0. The van der Waals surface area contributed by atoms with Gasteiger partial charge in [0.25, 0.3) is 0 Å². The molecule has 57 heavy (non-hydrogen) atoms. The Morgan fingerprint density at radius 1 is 0.474 bits per heavy atom. The summed E-state index contributed by atoms with van der Waals surface area (Å²) in [5.74, 6) is 2.29. The fraction of sp³-hybridized carbons (Fsp3) is 0.113. The van der Waals surface area contributed by atoms with Gasteiger partial charge in [-0.2, -0.15) is 0 Å². The molecule has 0 spiro atoms. The van der Waals surface area contributed by atoms with Crippen LogP contribution in [-0.2, 0) is 10.8 Å². The van der Waals surface area contributed by atoms with Gasteiger partial charge in [-0.25, -0.2) is 15.0 Å². The number of nitrogens with zero attached hydrogens (tertiary/aromatic N) is 4. The highest BCUT2D eigenvalue weighted by atomic mass is 15.0. The summed E-state index contributed by atoms with van der Waals surface area (Å²) in [6, 6.07) is 56.2. The van der Waals surface area contributed by atoms with E-state index in [1.165, 1.54) is 43.7 Å². The molecule has 0 fully saturated rings. The van der Waals surface area contributed by atoms with Gasteiger partial charge in [0, 0.05) is 38.6 Å². The Morgan fingerprint density at radius 2 is 1.12 bits per heavy atom. The van der Waals surface area contributed by atoms with Gasteiger partial charge < -0.3 is 4.57 Å². The van der Waals surface area contributed by atoms with Gasteiger partial charge >= 0.3 is 0 Å². The average Bonchev–Trinajstić information content (AvgIpc) is 3.68. The van der Waals surface area contributed by atoms with E-state index in [2.05, 4.69) is 171 Å². The van der Waals surface area contributed by atoms with Crippen molar-refractivity contribution < 1.29 is 0 Å². The minimum absolute atomic E-state index is 0.0449. The molecule has 0 amide bonds. The molecule has 7 aromatic carbocycles. The highest BCUT2D eigenvalue weighted by Gasteiger charge is 2.52. The number of benzene rings is 7. The zero-order valence-corrected chi connectivity index (χ0v) is 32.2. The molecule has 2 unspecified atom stereocenters. The monoisotopic (exact) mass is 732 g/mol. The van der Waals surface area contributed by atoms with Crippen LogP contribution in [0.4, 0.5) is 0 Å². The molecule has 4 heteroatoms. The lowest BCUT2D eigenvalue weighted by atomic mass is 9.67. The summed E-state index contributed by atoms with van der Waals surface area (Å²) >= 11 is 0. The summed E-state index contributed by atoms with van der Waals surface area (Å²) in [5, 5.41) is 4.88. The number of allylic oxidation sites excluding steroid dienone is 4. The second-order valence-corrected chi connectivity index (χ2v) is 16.3. The lowest BCUT2D eigenvalue weighted by Crippen LogP contribution is -2.34. The molecule has 0 aliphatic heterocycles. The second-order valence-electron chi connectivity index (χ2n) is 16.3. The number of hydrogen-bond donors (Lipinski definition) is 0. The summed E-state index contributed by atoms with van der Waals surface area (Å²) in [6.45, 7) is 7.24. The van der Waals surface area contributed by atoms with Gasteiger partial charge in [-0.1, -0.05) is 172 Å². The summed E-state index contributed by atoms with van der Waals surface area (Å²) in [7, 11) is 0. The maximum Gasteiger partial charge on any atom is 0.164 e. The molecule has 9 aromatic rings. The molecule has 2 heterocycles. The third-order valence-corrected chi connectivity index (χ3v) is 12.6. The standard InChI is InChI=1S/C53H40N4/c1-52(2)44-33-47-42(32-45(44)53(3)30-15-14-27-48(52)53)41-24-12-13-26-46(41)57(47)37-28-29-40(39-25-16-22-34-17-10-11-23-38(34)39)43(31-37)51-55-49(35-18-6-4-7-19-35)54-50(56-51)36-20-8-5-9-21-36/h4-33,48H,1-3H3. The van der Waals surface area contributed by atoms with Gasteiger partial charge in [-0.3, -0.25) is 0 Å². The van der Waals surface area contributed by atoms with E-state index in [1.54, 1.807) is 0 Å². The molecule has 272 valence electrons. The average molecular weight is 733 g/mol.